The number of nitrogens with zero attached hydrogens (tertiary/aromatic N) is 2. The van der Waals surface area contributed by atoms with Crippen molar-refractivity contribution in [2.45, 2.75) is 38.4 Å². The maximum absolute atomic E-state index is 13.3. The third-order valence-corrected chi connectivity index (χ3v) is 5.43. The zero-order chi connectivity index (χ0) is 22.2. The van der Waals surface area contributed by atoms with Crippen LogP contribution in [-0.4, -0.2) is 54.4 Å². The summed E-state index contributed by atoms with van der Waals surface area (Å²) in [4.78, 5) is 41.1. The summed E-state index contributed by atoms with van der Waals surface area (Å²) >= 11 is 0. The highest BCUT2D eigenvalue weighted by molar-refractivity contribution is 5.94. The van der Waals surface area contributed by atoms with Gasteiger partial charge in [-0.05, 0) is 36.1 Å². The molecular formula is C24H28N2O5. The lowest BCUT2D eigenvalue weighted by Crippen LogP contribution is -2.59. The summed E-state index contributed by atoms with van der Waals surface area (Å²) in [6, 6.07) is 16.4. The standard InChI is InChI=1S/C24H28N2O5/c1-30-20-13-11-19(12-14-20)15-25-17-22(27)26(16-18-7-4-3-5-8-18)21(24(25)29)9-6-10-23(28)31-2/h3-5,7-8,11-14,21H,6,9-10,15-17H2,1-2H3. The molecule has 0 aromatic heterocycles. The molecule has 2 amide bonds. The summed E-state index contributed by atoms with van der Waals surface area (Å²) in [7, 11) is 2.94. The lowest BCUT2D eigenvalue weighted by atomic mass is 10.0. The lowest BCUT2D eigenvalue weighted by Gasteiger charge is -2.40. The van der Waals surface area contributed by atoms with Gasteiger partial charge in [0, 0.05) is 19.5 Å². The van der Waals surface area contributed by atoms with Gasteiger partial charge in [-0.15, -0.1) is 0 Å². The number of carbonyl (C=O) groups is 3. The van der Waals surface area contributed by atoms with Crippen LogP contribution in [0.1, 0.15) is 30.4 Å². The number of hydrogen-bond acceptors (Lipinski definition) is 5. The van der Waals surface area contributed by atoms with E-state index in [1.165, 1.54) is 7.11 Å². The van der Waals surface area contributed by atoms with E-state index in [2.05, 4.69) is 0 Å². The lowest BCUT2D eigenvalue weighted by molar-refractivity contribution is -0.157. The second kappa shape index (κ2) is 10.6. The molecular weight excluding hydrogens is 396 g/mol. The van der Waals surface area contributed by atoms with Crippen molar-refractivity contribution >= 4 is 17.8 Å². The molecule has 0 radical (unpaired) electrons. The number of hydrogen-bond donors (Lipinski definition) is 0. The fraction of sp³-hybridized carbons (Fsp3) is 0.375. The molecule has 1 heterocycles. The van der Waals surface area contributed by atoms with Crippen LogP contribution >= 0.6 is 0 Å². The van der Waals surface area contributed by atoms with Crippen LogP contribution in [0.5, 0.6) is 5.75 Å². The van der Waals surface area contributed by atoms with E-state index in [4.69, 9.17) is 9.47 Å². The zero-order valence-corrected chi connectivity index (χ0v) is 18.0. The first-order chi connectivity index (χ1) is 15.0. The Morgan fingerprint density at radius 2 is 1.65 bits per heavy atom. The summed E-state index contributed by atoms with van der Waals surface area (Å²) < 4.78 is 9.88. The van der Waals surface area contributed by atoms with Crippen LogP contribution in [0, 0.1) is 0 Å². The van der Waals surface area contributed by atoms with Gasteiger partial charge in [0.25, 0.3) is 0 Å². The van der Waals surface area contributed by atoms with Gasteiger partial charge < -0.3 is 19.3 Å². The number of benzene rings is 2. The molecule has 31 heavy (non-hydrogen) atoms. The molecule has 7 heteroatoms. The van der Waals surface area contributed by atoms with Gasteiger partial charge in [0.05, 0.1) is 14.2 Å². The van der Waals surface area contributed by atoms with Crippen molar-refractivity contribution in [1.29, 1.82) is 0 Å². The Labute approximate surface area is 182 Å². The van der Waals surface area contributed by atoms with E-state index in [-0.39, 0.29) is 30.7 Å². The molecule has 1 unspecified atom stereocenters. The Balaban J connectivity index is 1.76. The second-order valence-corrected chi connectivity index (χ2v) is 7.53. The number of piperazine rings is 1. The Hall–Kier alpha value is -3.35. The molecule has 0 N–H and O–H groups in total. The monoisotopic (exact) mass is 424 g/mol. The van der Waals surface area contributed by atoms with Crippen molar-refractivity contribution in [1.82, 2.24) is 9.80 Å². The molecule has 1 aliphatic rings. The van der Waals surface area contributed by atoms with Crippen molar-refractivity contribution in [3.05, 3.63) is 65.7 Å². The maximum atomic E-state index is 13.3. The Bertz CT molecular complexity index is 898. The maximum Gasteiger partial charge on any atom is 0.305 e. The van der Waals surface area contributed by atoms with Gasteiger partial charge in [-0.25, -0.2) is 0 Å². The second-order valence-electron chi connectivity index (χ2n) is 7.53. The van der Waals surface area contributed by atoms with E-state index < -0.39 is 6.04 Å². The average Bonchev–Trinajstić information content (AvgIpc) is 2.80. The van der Waals surface area contributed by atoms with Crippen LogP contribution in [-0.2, 0) is 32.2 Å². The van der Waals surface area contributed by atoms with Crippen molar-refractivity contribution in [2.24, 2.45) is 0 Å². The van der Waals surface area contributed by atoms with Gasteiger partial charge in [-0.1, -0.05) is 42.5 Å². The van der Waals surface area contributed by atoms with Gasteiger partial charge in [0.15, 0.2) is 0 Å². The highest BCUT2D eigenvalue weighted by Crippen LogP contribution is 2.23. The fourth-order valence-corrected chi connectivity index (χ4v) is 3.73. The molecule has 164 valence electrons. The van der Waals surface area contributed by atoms with Crippen molar-refractivity contribution in [3.8, 4) is 5.75 Å². The quantitative estimate of drug-likeness (QED) is 0.579. The summed E-state index contributed by atoms with van der Waals surface area (Å²) in [6.45, 7) is 0.747. The minimum atomic E-state index is -0.607. The summed E-state index contributed by atoms with van der Waals surface area (Å²) in [5.41, 5.74) is 1.89. The topological polar surface area (TPSA) is 76.1 Å². The van der Waals surface area contributed by atoms with Crippen LogP contribution in [0.4, 0.5) is 0 Å². The van der Waals surface area contributed by atoms with Crippen molar-refractivity contribution in [2.75, 3.05) is 20.8 Å². The van der Waals surface area contributed by atoms with E-state index in [0.717, 1.165) is 16.9 Å². The van der Waals surface area contributed by atoms with E-state index in [1.54, 1.807) is 16.9 Å². The van der Waals surface area contributed by atoms with Crippen LogP contribution in [0.25, 0.3) is 0 Å². The molecule has 0 bridgehead atoms. The molecule has 7 nitrogen and oxygen atoms in total. The smallest absolute Gasteiger partial charge is 0.305 e. The first-order valence-electron chi connectivity index (χ1n) is 10.3. The van der Waals surface area contributed by atoms with Crippen LogP contribution < -0.4 is 4.74 Å². The molecule has 2 aromatic rings. The number of esters is 1. The summed E-state index contributed by atoms with van der Waals surface area (Å²) in [6.07, 6.45) is 1.09. The normalized spacial score (nSPS) is 16.4. The molecule has 3 rings (SSSR count). The number of rotatable bonds is 9. The minimum absolute atomic E-state index is 0.0329. The van der Waals surface area contributed by atoms with Crippen molar-refractivity contribution < 1.29 is 23.9 Å². The van der Waals surface area contributed by atoms with Gasteiger partial charge in [-0.2, -0.15) is 0 Å². The molecule has 1 saturated heterocycles. The summed E-state index contributed by atoms with van der Waals surface area (Å²) in [5, 5.41) is 0. The largest absolute Gasteiger partial charge is 0.497 e. The predicted octanol–water partition coefficient (Wildman–Crippen LogP) is 2.78. The number of methoxy groups -OCH3 is 2. The molecule has 1 fully saturated rings. The van der Waals surface area contributed by atoms with E-state index >= 15 is 0 Å². The van der Waals surface area contributed by atoms with E-state index in [9.17, 15) is 14.4 Å². The number of ether oxygens (including phenoxy) is 2. The average molecular weight is 424 g/mol. The van der Waals surface area contributed by atoms with Gasteiger partial charge in [-0.3, -0.25) is 14.4 Å². The SMILES string of the molecule is COC(=O)CCCC1C(=O)N(Cc2ccc(OC)cc2)CC(=O)N1Cc1ccccc1. The minimum Gasteiger partial charge on any atom is -0.497 e. The van der Waals surface area contributed by atoms with Crippen LogP contribution in [0.15, 0.2) is 54.6 Å². The van der Waals surface area contributed by atoms with Crippen molar-refractivity contribution in [3.63, 3.8) is 0 Å². The highest BCUT2D eigenvalue weighted by Gasteiger charge is 2.38. The third-order valence-electron chi connectivity index (χ3n) is 5.43. The van der Waals surface area contributed by atoms with E-state index in [0.29, 0.717) is 25.9 Å². The van der Waals surface area contributed by atoms with Gasteiger partial charge >= 0.3 is 5.97 Å². The summed E-state index contributed by atoms with van der Waals surface area (Å²) in [5.74, 6) is 0.218. The van der Waals surface area contributed by atoms with Gasteiger partial charge in [0.1, 0.15) is 18.3 Å². The number of carbonyl (C=O) groups excluding carboxylic acids is 3. The first kappa shape index (κ1) is 22.3. The number of amides is 2. The fourth-order valence-electron chi connectivity index (χ4n) is 3.73. The van der Waals surface area contributed by atoms with E-state index in [1.807, 2.05) is 54.6 Å². The first-order valence-corrected chi connectivity index (χ1v) is 10.3. The molecule has 1 atom stereocenters. The molecule has 0 spiro atoms. The Morgan fingerprint density at radius 3 is 2.29 bits per heavy atom. The Kier molecular flexibility index (Phi) is 7.65. The van der Waals surface area contributed by atoms with Gasteiger partial charge in [0.2, 0.25) is 11.8 Å². The molecule has 0 aliphatic carbocycles. The Morgan fingerprint density at radius 1 is 0.968 bits per heavy atom. The molecule has 2 aromatic carbocycles. The predicted molar refractivity (Wildman–Crippen MR) is 115 cm³/mol. The highest BCUT2D eigenvalue weighted by atomic mass is 16.5. The van der Waals surface area contributed by atoms with Crippen LogP contribution in [0.3, 0.4) is 0 Å². The third kappa shape index (κ3) is 5.84. The molecule has 0 saturated carbocycles. The molecule has 1 aliphatic heterocycles. The zero-order valence-electron chi connectivity index (χ0n) is 18.0. The van der Waals surface area contributed by atoms with Crippen LogP contribution in [0.2, 0.25) is 0 Å².